The van der Waals surface area contributed by atoms with Gasteiger partial charge in [-0.15, -0.1) is 0 Å². The summed E-state index contributed by atoms with van der Waals surface area (Å²) in [7, 11) is 1.67. The number of fused-ring (bicyclic) bond motifs is 5. The monoisotopic (exact) mass is 325 g/mol. The molecule has 2 fully saturated rings. The van der Waals surface area contributed by atoms with Crippen LogP contribution in [0.2, 0.25) is 0 Å². The molecule has 4 atom stereocenters. The third-order valence-corrected chi connectivity index (χ3v) is 5.42. The lowest BCUT2D eigenvalue weighted by atomic mass is 9.85. The molecule has 1 saturated heterocycles. The first-order chi connectivity index (χ1) is 11.6. The highest BCUT2D eigenvalue weighted by atomic mass is 16.2. The average Bonchev–Trinajstić information content (AvgIpc) is 3.25. The number of carbonyl (C=O) groups is 3. The molecule has 24 heavy (non-hydrogen) atoms. The van der Waals surface area contributed by atoms with Crippen molar-refractivity contribution in [2.45, 2.75) is 13.0 Å². The lowest BCUT2D eigenvalue weighted by Gasteiger charge is -2.22. The van der Waals surface area contributed by atoms with Gasteiger partial charge in [-0.3, -0.25) is 24.3 Å². The van der Waals surface area contributed by atoms with Crippen molar-refractivity contribution in [1.82, 2.24) is 14.8 Å². The largest absolute Gasteiger partial charge is 0.340 e. The van der Waals surface area contributed by atoms with Gasteiger partial charge in [0.25, 0.3) is 0 Å². The quantitative estimate of drug-likeness (QED) is 0.608. The van der Waals surface area contributed by atoms with Gasteiger partial charge in [0, 0.05) is 26.0 Å². The van der Waals surface area contributed by atoms with E-state index < -0.39 is 0 Å². The smallest absolute Gasteiger partial charge is 0.242 e. The highest BCUT2D eigenvalue weighted by molar-refractivity contribution is 6.08. The molecule has 1 aromatic rings. The third-order valence-electron chi connectivity index (χ3n) is 5.42. The van der Waals surface area contributed by atoms with Crippen molar-refractivity contribution in [2.75, 3.05) is 13.6 Å². The fourth-order valence-electron chi connectivity index (χ4n) is 4.23. The molecule has 1 saturated carbocycles. The maximum Gasteiger partial charge on any atom is 0.242 e. The number of allylic oxidation sites excluding steroid dienone is 2. The van der Waals surface area contributed by atoms with Gasteiger partial charge in [0.15, 0.2) is 0 Å². The van der Waals surface area contributed by atoms with Crippen molar-refractivity contribution in [3.8, 4) is 0 Å². The minimum absolute atomic E-state index is 0.166. The zero-order valence-corrected chi connectivity index (χ0v) is 13.5. The van der Waals surface area contributed by atoms with Crippen LogP contribution in [0.1, 0.15) is 12.0 Å². The standard InChI is InChI=1S/C18H19N3O3/c1-20(9-11-3-2-6-19-8-11)14(22)10-21-17(23)15-12-4-5-13(7-12)16(15)18(21)24/h2-6,8,12-13,15-16H,7,9-10H2,1H3. The summed E-state index contributed by atoms with van der Waals surface area (Å²) in [6, 6.07) is 3.70. The number of likely N-dealkylation sites (tertiary alicyclic amines) is 1. The van der Waals surface area contributed by atoms with Gasteiger partial charge in [-0.1, -0.05) is 18.2 Å². The van der Waals surface area contributed by atoms with Crippen molar-refractivity contribution in [2.24, 2.45) is 23.7 Å². The highest BCUT2D eigenvalue weighted by Gasteiger charge is 2.59. The molecule has 2 heterocycles. The number of imide groups is 1. The van der Waals surface area contributed by atoms with Crippen molar-refractivity contribution in [3.63, 3.8) is 0 Å². The predicted molar refractivity (Wildman–Crippen MR) is 85.1 cm³/mol. The summed E-state index contributed by atoms with van der Waals surface area (Å²) in [5.74, 6) is -0.738. The SMILES string of the molecule is CN(Cc1cccnc1)C(=O)CN1C(=O)C2C3C=CC(C3)C2C1=O. The van der Waals surface area contributed by atoms with Crippen molar-refractivity contribution < 1.29 is 14.4 Å². The summed E-state index contributed by atoms with van der Waals surface area (Å²) in [4.78, 5) is 44.3. The normalized spacial score (nSPS) is 30.1. The van der Waals surface area contributed by atoms with Gasteiger partial charge in [-0.2, -0.15) is 0 Å². The molecule has 4 unspecified atom stereocenters. The van der Waals surface area contributed by atoms with E-state index in [4.69, 9.17) is 0 Å². The molecule has 0 radical (unpaired) electrons. The molecular formula is C18H19N3O3. The molecule has 3 amide bonds. The molecule has 0 aromatic carbocycles. The molecule has 1 aliphatic heterocycles. The maximum atomic E-state index is 12.6. The molecule has 2 bridgehead atoms. The molecule has 4 rings (SSSR count). The number of hydrogen-bond donors (Lipinski definition) is 0. The van der Waals surface area contributed by atoms with Gasteiger partial charge in [0.2, 0.25) is 17.7 Å². The van der Waals surface area contributed by atoms with Gasteiger partial charge >= 0.3 is 0 Å². The second-order valence-corrected chi connectivity index (χ2v) is 6.87. The summed E-state index contributed by atoms with van der Waals surface area (Å²) >= 11 is 0. The summed E-state index contributed by atoms with van der Waals surface area (Å²) in [5, 5.41) is 0. The van der Waals surface area contributed by atoms with Crippen LogP contribution in [0.5, 0.6) is 0 Å². The van der Waals surface area contributed by atoms with E-state index >= 15 is 0 Å². The van der Waals surface area contributed by atoms with Gasteiger partial charge in [0.1, 0.15) is 6.54 Å². The summed E-state index contributed by atoms with van der Waals surface area (Å²) in [6.07, 6.45) is 8.38. The molecule has 6 nitrogen and oxygen atoms in total. The van der Waals surface area contributed by atoms with Crippen molar-refractivity contribution in [1.29, 1.82) is 0 Å². The first-order valence-corrected chi connectivity index (χ1v) is 8.22. The van der Waals surface area contributed by atoms with Crippen LogP contribution >= 0.6 is 0 Å². The molecule has 0 N–H and O–H groups in total. The highest BCUT2D eigenvalue weighted by Crippen LogP contribution is 2.52. The number of pyridine rings is 1. The lowest BCUT2D eigenvalue weighted by molar-refractivity contribution is -0.146. The maximum absolute atomic E-state index is 12.6. The number of hydrogen-bond acceptors (Lipinski definition) is 4. The molecule has 124 valence electrons. The molecule has 6 heteroatoms. The van der Waals surface area contributed by atoms with E-state index in [2.05, 4.69) is 17.1 Å². The van der Waals surface area contributed by atoms with Crippen LogP contribution in [0.25, 0.3) is 0 Å². The second-order valence-electron chi connectivity index (χ2n) is 6.87. The zero-order valence-electron chi connectivity index (χ0n) is 13.5. The third kappa shape index (κ3) is 2.25. The topological polar surface area (TPSA) is 70.6 Å². The van der Waals surface area contributed by atoms with E-state index in [-0.39, 0.29) is 47.9 Å². The summed E-state index contributed by atoms with van der Waals surface area (Å²) in [5.41, 5.74) is 0.909. The Kier molecular flexibility index (Phi) is 3.48. The average molecular weight is 325 g/mol. The van der Waals surface area contributed by atoms with Crippen LogP contribution in [0.4, 0.5) is 0 Å². The van der Waals surface area contributed by atoms with E-state index in [1.54, 1.807) is 19.4 Å². The molecule has 2 aliphatic carbocycles. The Hall–Kier alpha value is -2.50. The first-order valence-electron chi connectivity index (χ1n) is 8.22. The summed E-state index contributed by atoms with van der Waals surface area (Å²) in [6.45, 7) is 0.240. The van der Waals surface area contributed by atoms with Crippen LogP contribution in [0.15, 0.2) is 36.7 Å². The second kappa shape index (κ2) is 5.54. The Morgan fingerprint density at radius 3 is 2.50 bits per heavy atom. The number of likely N-dealkylation sites (N-methyl/N-ethyl adjacent to an activating group) is 1. The van der Waals surface area contributed by atoms with Crippen LogP contribution in [-0.2, 0) is 20.9 Å². The number of aromatic nitrogens is 1. The summed E-state index contributed by atoms with van der Waals surface area (Å²) < 4.78 is 0. The minimum atomic E-state index is -0.246. The van der Waals surface area contributed by atoms with Crippen LogP contribution in [-0.4, -0.2) is 46.1 Å². The van der Waals surface area contributed by atoms with E-state index in [9.17, 15) is 14.4 Å². The van der Waals surface area contributed by atoms with E-state index in [1.807, 2.05) is 12.1 Å². The molecule has 0 spiro atoms. The predicted octanol–water partition coefficient (Wildman–Crippen LogP) is 0.847. The van der Waals surface area contributed by atoms with Gasteiger partial charge in [-0.05, 0) is 29.9 Å². The molecule has 3 aliphatic rings. The van der Waals surface area contributed by atoms with Gasteiger partial charge in [0.05, 0.1) is 11.8 Å². The van der Waals surface area contributed by atoms with Crippen LogP contribution < -0.4 is 0 Å². The van der Waals surface area contributed by atoms with Crippen molar-refractivity contribution >= 4 is 17.7 Å². The fourth-order valence-corrected chi connectivity index (χ4v) is 4.23. The van der Waals surface area contributed by atoms with Gasteiger partial charge in [-0.25, -0.2) is 0 Å². The van der Waals surface area contributed by atoms with Crippen LogP contribution in [0, 0.1) is 23.7 Å². The Morgan fingerprint density at radius 2 is 1.92 bits per heavy atom. The Labute approximate surface area is 140 Å². The van der Waals surface area contributed by atoms with E-state index in [0.717, 1.165) is 12.0 Å². The van der Waals surface area contributed by atoms with Gasteiger partial charge < -0.3 is 4.90 Å². The lowest BCUT2D eigenvalue weighted by Crippen LogP contribution is -2.42. The molecule has 1 aromatic heterocycles. The number of rotatable bonds is 4. The Bertz CT molecular complexity index is 700. The van der Waals surface area contributed by atoms with Crippen molar-refractivity contribution in [3.05, 3.63) is 42.2 Å². The van der Waals surface area contributed by atoms with Crippen LogP contribution in [0.3, 0.4) is 0 Å². The Balaban J connectivity index is 1.43. The number of carbonyl (C=O) groups excluding carboxylic acids is 3. The zero-order chi connectivity index (χ0) is 16.8. The minimum Gasteiger partial charge on any atom is -0.340 e. The first kappa shape index (κ1) is 15.1. The van der Waals surface area contributed by atoms with E-state index in [0.29, 0.717) is 6.54 Å². The van der Waals surface area contributed by atoms with E-state index in [1.165, 1.54) is 9.80 Å². The fraction of sp³-hybridized carbons (Fsp3) is 0.444. The number of amides is 3. The molecular weight excluding hydrogens is 306 g/mol. The Morgan fingerprint density at radius 1 is 1.25 bits per heavy atom. The number of nitrogens with zero attached hydrogens (tertiary/aromatic N) is 3.